The summed E-state index contributed by atoms with van der Waals surface area (Å²) in [5.74, 6) is -0.470. The number of carbonyl (C=O) groups excluding carboxylic acids is 2. The first kappa shape index (κ1) is 17.2. The molecule has 0 bridgehead atoms. The molecule has 2 amide bonds. The maximum absolute atomic E-state index is 13.0. The van der Waals surface area contributed by atoms with Crippen molar-refractivity contribution in [2.24, 2.45) is 15.7 Å². The molecule has 5 rings (SSSR count). The van der Waals surface area contributed by atoms with Crippen LogP contribution >= 0.6 is 0 Å². The zero-order chi connectivity index (χ0) is 18.9. The molecule has 3 heterocycles. The summed E-state index contributed by atoms with van der Waals surface area (Å²) in [6, 6.07) is 0. The van der Waals surface area contributed by atoms with Crippen LogP contribution in [-0.4, -0.2) is 62.7 Å². The molecule has 0 radical (unpaired) electrons. The van der Waals surface area contributed by atoms with Gasteiger partial charge < -0.3 is 14.1 Å². The van der Waals surface area contributed by atoms with Crippen LogP contribution < -0.4 is 5.76 Å². The zero-order valence-corrected chi connectivity index (χ0v) is 15.6. The second kappa shape index (κ2) is 5.54. The fourth-order valence-corrected chi connectivity index (χ4v) is 6.44. The van der Waals surface area contributed by atoms with Crippen molar-refractivity contribution in [2.75, 3.05) is 31.2 Å². The minimum Gasteiger partial charge on any atom is -0.402 e. The summed E-state index contributed by atoms with van der Waals surface area (Å²) < 4.78 is 27.5. The number of amides is 2. The second-order valence-corrected chi connectivity index (χ2v) is 10.7. The number of hydrogen-bond donors (Lipinski definition) is 1. The lowest BCUT2D eigenvalue weighted by Gasteiger charge is -2.45. The number of nitrogens with zero attached hydrogens (tertiary/aromatic N) is 2. The highest BCUT2D eigenvalue weighted by Gasteiger charge is 2.75. The second-order valence-electron chi connectivity index (χ2n) is 8.14. The Morgan fingerprint density at radius 2 is 2.00 bits per heavy atom. The molecule has 1 aromatic heterocycles. The highest BCUT2D eigenvalue weighted by molar-refractivity contribution is 7.93. The Hall–Kier alpha value is -1.94. The van der Waals surface area contributed by atoms with E-state index < -0.39 is 27.0 Å². The molecule has 0 atom stereocenters. The van der Waals surface area contributed by atoms with E-state index in [1.165, 1.54) is 0 Å². The van der Waals surface area contributed by atoms with Gasteiger partial charge in [-0.3, -0.25) is 14.6 Å². The SMILES string of the molecule is O=C(N=S1(=O)CCC2(CC1)CN(C(=O)C13CC1C3)CCO2)c1c[nH]c(=O)o1. The Kier molecular flexibility index (Phi) is 3.52. The lowest BCUT2D eigenvalue weighted by Crippen LogP contribution is -2.57. The molecule has 0 aromatic carbocycles. The van der Waals surface area contributed by atoms with Crippen LogP contribution in [0.15, 0.2) is 19.8 Å². The first-order valence-electron chi connectivity index (χ1n) is 9.22. The van der Waals surface area contributed by atoms with E-state index in [0.29, 0.717) is 38.5 Å². The summed E-state index contributed by atoms with van der Waals surface area (Å²) >= 11 is 0. The van der Waals surface area contributed by atoms with Crippen molar-refractivity contribution in [3.05, 3.63) is 22.5 Å². The van der Waals surface area contributed by atoms with Gasteiger partial charge in [0.15, 0.2) is 0 Å². The number of fused-ring (bicyclic) bond motifs is 1. The minimum atomic E-state index is -2.73. The molecule has 4 aliphatic rings. The van der Waals surface area contributed by atoms with Gasteiger partial charge in [-0.15, -0.1) is 0 Å². The zero-order valence-electron chi connectivity index (χ0n) is 14.8. The Bertz CT molecular complexity index is 980. The van der Waals surface area contributed by atoms with Crippen molar-refractivity contribution in [3.63, 3.8) is 0 Å². The fourth-order valence-electron chi connectivity index (χ4n) is 4.28. The molecular formula is C17H21N3O6S. The number of H-pyrrole nitrogens is 1. The molecule has 2 aliphatic heterocycles. The molecule has 0 unspecified atom stereocenters. The van der Waals surface area contributed by atoms with Gasteiger partial charge in [-0.25, -0.2) is 9.00 Å². The van der Waals surface area contributed by atoms with Crippen LogP contribution in [0.1, 0.15) is 36.2 Å². The Morgan fingerprint density at radius 1 is 1.30 bits per heavy atom. The number of rotatable bonds is 2. The van der Waals surface area contributed by atoms with Crippen LogP contribution in [-0.2, 0) is 19.3 Å². The van der Waals surface area contributed by atoms with Gasteiger partial charge >= 0.3 is 11.7 Å². The van der Waals surface area contributed by atoms with Crippen LogP contribution in [0.3, 0.4) is 0 Å². The number of hydrogen-bond acceptors (Lipinski definition) is 6. The smallest absolute Gasteiger partial charge is 0.402 e. The van der Waals surface area contributed by atoms with E-state index in [4.69, 9.17) is 4.74 Å². The van der Waals surface area contributed by atoms with E-state index in [-0.39, 0.29) is 28.6 Å². The molecule has 146 valence electrons. The average Bonchev–Trinajstić information content (AvgIpc) is 3.47. The Morgan fingerprint density at radius 3 is 2.59 bits per heavy atom. The van der Waals surface area contributed by atoms with Gasteiger partial charge in [-0.2, -0.15) is 4.36 Å². The molecule has 1 spiro atoms. The third kappa shape index (κ3) is 2.85. The highest BCUT2D eigenvalue weighted by atomic mass is 32.2. The van der Waals surface area contributed by atoms with Crippen LogP contribution in [0.5, 0.6) is 0 Å². The van der Waals surface area contributed by atoms with E-state index in [0.717, 1.165) is 19.0 Å². The number of ether oxygens (including phenoxy) is 1. The topological polar surface area (TPSA) is 122 Å². The summed E-state index contributed by atoms with van der Waals surface area (Å²) in [5.41, 5.74) is -0.549. The van der Waals surface area contributed by atoms with E-state index in [1.54, 1.807) is 0 Å². The van der Waals surface area contributed by atoms with E-state index >= 15 is 0 Å². The Balaban J connectivity index is 1.28. The van der Waals surface area contributed by atoms with Crippen molar-refractivity contribution in [1.29, 1.82) is 0 Å². The van der Waals surface area contributed by atoms with Crippen LogP contribution in [0, 0.1) is 11.3 Å². The predicted octanol–water partition coefficient (Wildman–Crippen LogP) is 0.378. The van der Waals surface area contributed by atoms with Gasteiger partial charge in [0.1, 0.15) is 0 Å². The maximum Gasteiger partial charge on any atom is 0.416 e. The van der Waals surface area contributed by atoms with Crippen LogP contribution in [0.4, 0.5) is 0 Å². The molecule has 2 saturated carbocycles. The van der Waals surface area contributed by atoms with Gasteiger partial charge in [-0.05, 0) is 31.6 Å². The molecule has 27 heavy (non-hydrogen) atoms. The summed E-state index contributed by atoms with van der Waals surface area (Å²) in [4.78, 5) is 39.9. The number of carbonyl (C=O) groups is 2. The van der Waals surface area contributed by atoms with Gasteiger partial charge in [0, 0.05) is 24.6 Å². The quantitative estimate of drug-likeness (QED) is 0.772. The van der Waals surface area contributed by atoms with E-state index in [1.807, 2.05) is 4.90 Å². The molecular weight excluding hydrogens is 374 g/mol. The third-order valence-electron chi connectivity index (χ3n) is 6.38. The predicted molar refractivity (Wildman–Crippen MR) is 93.6 cm³/mol. The summed E-state index contributed by atoms with van der Waals surface area (Å²) in [6.07, 6.45) is 4.15. The van der Waals surface area contributed by atoms with Crippen molar-refractivity contribution in [1.82, 2.24) is 9.88 Å². The fraction of sp³-hybridized carbons (Fsp3) is 0.706. The van der Waals surface area contributed by atoms with E-state index in [2.05, 4.69) is 13.8 Å². The van der Waals surface area contributed by atoms with Gasteiger partial charge in [0.05, 0.1) is 33.5 Å². The van der Waals surface area contributed by atoms with Gasteiger partial charge in [0.2, 0.25) is 11.7 Å². The minimum absolute atomic E-state index is 0.0526. The lowest BCUT2D eigenvalue weighted by molar-refractivity contribution is -0.155. The first-order chi connectivity index (χ1) is 12.8. The molecule has 2 saturated heterocycles. The standard InChI is InChI=1S/C17H21N3O6S/c21-13(12-9-18-15(23)26-12)19-27(24)5-1-16(2-6-27)10-20(3-4-25-16)14(22)17-7-11(17)8-17/h9,11H,1-8,10H2,(H,18,23). The number of aromatic amines is 1. The van der Waals surface area contributed by atoms with Crippen molar-refractivity contribution >= 4 is 21.5 Å². The largest absolute Gasteiger partial charge is 0.416 e. The first-order valence-corrected chi connectivity index (χ1v) is 11.1. The molecule has 1 aromatic rings. The van der Waals surface area contributed by atoms with Crippen molar-refractivity contribution in [2.45, 2.75) is 31.3 Å². The maximum atomic E-state index is 13.0. The van der Waals surface area contributed by atoms with Crippen LogP contribution in [0.2, 0.25) is 0 Å². The molecule has 1 N–H and O–H groups in total. The Labute approximate surface area is 155 Å². The van der Waals surface area contributed by atoms with Crippen molar-refractivity contribution in [3.8, 4) is 0 Å². The highest BCUT2D eigenvalue weighted by Crippen LogP contribution is 2.76. The number of oxazole rings is 1. The average molecular weight is 395 g/mol. The van der Waals surface area contributed by atoms with Gasteiger partial charge in [0.25, 0.3) is 0 Å². The monoisotopic (exact) mass is 395 g/mol. The molecule has 10 heteroatoms. The van der Waals surface area contributed by atoms with Crippen molar-refractivity contribution < 1.29 is 23.0 Å². The van der Waals surface area contributed by atoms with E-state index in [9.17, 15) is 18.6 Å². The number of aromatic nitrogens is 1. The number of morpholine rings is 1. The molecule has 9 nitrogen and oxygen atoms in total. The lowest BCUT2D eigenvalue weighted by atomic mass is 9.93. The summed E-state index contributed by atoms with van der Waals surface area (Å²) in [6.45, 7) is 1.62. The summed E-state index contributed by atoms with van der Waals surface area (Å²) in [5, 5.41) is 0. The molecule has 4 fully saturated rings. The summed E-state index contributed by atoms with van der Waals surface area (Å²) in [7, 11) is -2.73. The third-order valence-corrected chi connectivity index (χ3v) is 8.56. The number of nitrogens with one attached hydrogen (secondary N) is 1. The normalized spacial score (nSPS) is 39.7. The van der Waals surface area contributed by atoms with Gasteiger partial charge in [-0.1, -0.05) is 0 Å². The van der Waals surface area contributed by atoms with Crippen LogP contribution in [0.25, 0.3) is 0 Å². The molecule has 2 aliphatic carbocycles.